The summed E-state index contributed by atoms with van der Waals surface area (Å²) in [5.41, 5.74) is 7.09. The molecule has 0 atom stereocenters. The fourth-order valence-electron chi connectivity index (χ4n) is 1.38. The first kappa shape index (κ1) is 10.6. The Morgan fingerprint density at radius 2 is 1.94 bits per heavy atom. The highest BCUT2D eigenvalue weighted by Crippen LogP contribution is 2.37. The van der Waals surface area contributed by atoms with Crippen LogP contribution in [0.15, 0.2) is 41.7 Å². The van der Waals surface area contributed by atoms with Gasteiger partial charge >= 0.3 is 0 Å². The Hall–Kier alpha value is -1.94. The number of halogens is 1. The minimum Gasteiger partial charge on any atom is -0.396 e. The van der Waals surface area contributed by atoms with Crippen LogP contribution in [0.5, 0.6) is 0 Å². The van der Waals surface area contributed by atoms with Crippen LogP contribution in [0, 0.1) is 4.91 Å². The number of aromatic nitrogens is 1. The number of nitrogens with two attached hydrogens (primary N) is 1. The lowest BCUT2D eigenvalue weighted by Crippen LogP contribution is -1.91. The van der Waals surface area contributed by atoms with Gasteiger partial charge in [0.2, 0.25) is 0 Å². The summed E-state index contributed by atoms with van der Waals surface area (Å²) in [4.78, 5) is 14.8. The summed E-state index contributed by atoms with van der Waals surface area (Å²) in [5.74, 6) is 0. The molecule has 0 aliphatic rings. The second-order valence-corrected chi connectivity index (χ2v) is 3.56. The normalized spacial score (nSPS) is 10.1. The minimum atomic E-state index is 0.0767. The smallest absolute Gasteiger partial charge is 0.154 e. The Labute approximate surface area is 97.0 Å². The van der Waals surface area contributed by atoms with E-state index in [0.717, 1.165) is 5.56 Å². The van der Waals surface area contributed by atoms with Crippen LogP contribution in [0.1, 0.15) is 0 Å². The molecule has 0 radical (unpaired) electrons. The zero-order valence-electron chi connectivity index (χ0n) is 8.22. The van der Waals surface area contributed by atoms with Crippen molar-refractivity contribution >= 4 is 23.0 Å². The van der Waals surface area contributed by atoms with Crippen molar-refractivity contribution in [2.75, 3.05) is 5.73 Å². The molecule has 0 spiro atoms. The van der Waals surface area contributed by atoms with E-state index in [2.05, 4.69) is 10.2 Å². The van der Waals surface area contributed by atoms with E-state index < -0.39 is 0 Å². The van der Waals surface area contributed by atoms with Crippen molar-refractivity contribution in [2.45, 2.75) is 0 Å². The van der Waals surface area contributed by atoms with Crippen molar-refractivity contribution < 1.29 is 0 Å². The first-order valence-electron chi connectivity index (χ1n) is 4.57. The second-order valence-electron chi connectivity index (χ2n) is 3.18. The highest BCUT2D eigenvalue weighted by Gasteiger charge is 2.13. The van der Waals surface area contributed by atoms with Crippen LogP contribution in [-0.4, -0.2) is 4.98 Å². The van der Waals surface area contributed by atoms with Gasteiger partial charge in [-0.25, -0.2) is 0 Å². The molecular weight excluding hydrogens is 226 g/mol. The number of hydrogen-bond acceptors (Lipinski definition) is 4. The van der Waals surface area contributed by atoms with Crippen LogP contribution in [0.3, 0.4) is 0 Å². The third-order valence-electron chi connectivity index (χ3n) is 2.16. The molecule has 16 heavy (non-hydrogen) atoms. The fraction of sp³-hybridized carbons (Fsp3) is 0. The molecule has 1 aromatic carbocycles. The molecule has 0 aliphatic carbocycles. The van der Waals surface area contributed by atoms with Gasteiger partial charge in [0.25, 0.3) is 0 Å². The molecule has 0 amide bonds. The number of nitrogen functional groups attached to an aromatic ring is 1. The molecule has 0 unspecified atom stereocenters. The molecule has 5 heteroatoms. The van der Waals surface area contributed by atoms with Crippen LogP contribution in [0.25, 0.3) is 11.3 Å². The van der Waals surface area contributed by atoms with Crippen molar-refractivity contribution in [1.29, 1.82) is 0 Å². The van der Waals surface area contributed by atoms with E-state index in [0.29, 0.717) is 5.69 Å². The quantitative estimate of drug-likeness (QED) is 0.809. The van der Waals surface area contributed by atoms with Gasteiger partial charge < -0.3 is 5.73 Å². The fourth-order valence-corrected chi connectivity index (χ4v) is 1.56. The lowest BCUT2D eigenvalue weighted by molar-refractivity contribution is 1.30. The van der Waals surface area contributed by atoms with E-state index in [4.69, 9.17) is 17.3 Å². The molecule has 2 N–H and O–H groups in total. The van der Waals surface area contributed by atoms with Crippen molar-refractivity contribution in [3.63, 3.8) is 0 Å². The third-order valence-corrected chi connectivity index (χ3v) is 2.55. The molecule has 1 heterocycles. The number of hydrogen-bond donors (Lipinski definition) is 1. The highest BCUT2D eigenvalue weighted by atomic mass is 35.5. The Balaban J connectivity index is 2.67. The Bertz CT molecular complexity index is 528. The van der Waals surface area contributed by atoms with Gasteiger partial charge in [0.15, 0.2) is 5.69 Å². The molecule has 1 aromatic heterocycles. The molecule has 0 saturated carbocycles. The highest BCUT2D eigenvalue weighted by molar-refractivity contribution is 6.36. The molecule has 0 fully saturated rings. The van der Waals surface area contributed by atoms with E-state index in [1.807, 2.05) is 30.3 Å². The van der Waals surface area contributed by atoms with E-state index in [9.17, 15) is 4.91 Å². The zero-order valence-corrected chi connectivity index (χ0v) is 8.98. The number of benzene rings is 1. The number of nitroso groups, excluding NO2 is 1. The molecule has 80 valence electrons. The number of pyridine rings is 1. The predicted octanol–water partition coefficient (Wildman–Crippen LogP) is 3.38. The largest absolute Gasteiger partial charge is 0.396 e. The number of nitrogens with zero attached hydrogens (tertiary/aromatic N) is 2. The van der Waals surface area contributed by atoms with Crippen molar-refractivity contribution in [3.8, 4) is 11.3 Å². The maximum atomic E-state index is 10.7. The summed E-state index contributed by atoms with van der Waals surface area (Å²) in [7, 11) is 0. The van der Waals surface area contributed by atoms with Gasteiger partial charge in [-0.2, -0.15) is 0 Å². The summed E-state index contributed by atoms with van der Waals surface area (Å²) in [6, 6.07) is 9.20. The summed E-state index contributed by atoms with van der Waals surface area (Å²) in [5, 5.41) is 3.03. The average Bonchev–Trinajstić information content (AvgIpc) is 2.33. The van der Waals surface area contributed by atoms with Crippen molar-refractivity contribution in [2.24, 2.45) is 5.18 Å². The van der Waals surface area contributed by atoms with Gasteiger partial charge in [-0.05, 0) is 5.18 Å². The lowest BCUT2D eigenvalue weighted by atomic mass is 10.1. The molecule has 4 nitrogen and oxygen atoms in total. The molecular formula is C11H8ClN3O. The minimum absolute atomic E-state index is 0.0767. The van der Waals surface area contributed by atoms with Gasteiger partial charge in [-0.3, -0.25) is 4.98 Å². The summed E-state index contributed by atoms with van der Waals surface area (Å²) >= 11 is 5.89. The molecule has 0 aliphatic heterocycles. The van der Waals surface area contributed by atoms with E-state index in [-0.39, 0.29) is 16.4 Å². The van der Waals surface area contributed by atoms with E-state index in [1.54, 1.807) is 0 Å². The van der Waals surface area contributed by atoms with Crippen LogP contribution >= 0.6 is 11.6 Å². The first-order valence-corrected chi connectivity index (χ1v) is 4.94. The van der Waals surface area contributed by atoms with E-state index >= 15 is 0 Å². The van der Waals surface area contributed by atoms with Crippen LogP contribution in [-0.2, 0) is 0 Å². The standard InChI is InChI=1S/C11H8ClN3O/c12-9-8(13)6-14-10(11(9)15-16)7-4-2-1-3-5-7/h1-6H,13H2. The molecule has 0 saturated heterocycles. The Morgan fingerprint density at radius 3 is 2.56 bits per heavy atom. The van der Waals surface area contributed by atoms with Gasteiger partial charge in [0.05, 0.1) is 16.9 Å². The topological polar surface area (TPSA) is 68.3 Å². The van der Waals surface area contributed by atoms with Gasteiger partial charge in [0, 0.05) is 5.56 Å². The predicted molar refractivity (Wildman–Crippen MR) is 64.6 cm³/mol. The summed E-state index contributed by atoms with van der Waals surface area (Å²) < 4.78 is 0. The molecule has 2 rings (SSSR count). The van der Waals surface area contributed by atoms with Gasteiger partial charge in [-0.1, -0.05) is 41.9 Å². The second kappa shape index (κ2) is 4.28. The number of rotatable bonds is 2. The van der Waals surface area contributed by atoms with Crippen LogP contribution in [0.2, 0.25) is 5.02 Å². The van der Waals surface area contributed by atoms with Crippen molar-refractivity contribution in [3.05, 3.63) is 46.5 Å². The number of anilines is 1. The molecule has 2 aromatic rings. The maximum absolute atomic E-state index is 10.7. The summed E-state index contributed by atoms with van der Waals surface area (Å²) in [6.07, 6.45) is 1.42. The monoisotopic (exact) mass is 233 g/mol. The van der Waals surface area contributed by atoms with E-state index in [1.165, 1.54) is 6.20 Å². The van der Waals surface area contributed by atoms with Crippen molar-refractivity contribution in [1.82, 2.24) is 4.98 Å². The first-order chi connectivity index (χ1) is 7.74. The Kier molecular flexibility index (Phi) is 2.83. The summed E-state index contributed by atoms with van der Waals surface area (Å²) in [6.45, 7) is 0. The van der Waals surface area contributed by atoms with Crippen LogP contribution < -0.4 is 5.73 Å². The Morgan fingerprint density at radius 1 is 1.25 bits per heavy atom. The maximum Gasteiger partial charge on any atom is 0.154 e. The van der Waals surface area contributed by atoms with Gasteiger partial charge in [-0.15, -0.1) is 4.91 Å². The van der Waals surface area contributed by atoms with Gasteiger partial charge in [0.1, 0.15) is 5.69 Å². The SMILES string of the molecule is Nc1cnc(-c2ccccc2)c(N=O)c1Cl. The average molecular weight is 234 g/mol. The third kappa shape index (κ3) is 1.75. The van der Waals surface area contributed by atoms with Crippen LogP contribution in [0.4, 0.5) is 11.4 Å². The molecule has 0 bridgehead atoms. The lowest BCUT2D eigenvalue weighted by Gasteiger charge is -2.06. The zero-order chi connectivity index (χ0) is 11.5.